The van der Waals surface area contributed by atoms with Gasteiger partial charge in [0.05, 0.1) is 25.2 Å². The second-order valence-electron chi connectivity index (χ2n) is 7.33. The van der Waals surface area contributed by atoms with E-state index in [2.05, 4.69) is 16.8 Å². The number of nitrogens with zero attached hydrogens (tertiary/aromatic N) is 2. The number of thiazole rings is 1. The highest BCUT2D eigenvalue weighted by Crippen LogP contribution is 2.34. The van der Waals surface area contributed by atoms with Crippen LogP contribution in [0.4, 0.5) is 0 Å². The summed E-state index contributed by atoms with van der Waals surface area (Å²) < 4.78 is 17.1. The minimum atomic E-state index is -0.282. The molecule has 1 aromatic carbocycles. The van der Waals surface area contributed by atoms with Crippen LogP contribution >= 0.6 is 35.3 Å². The van der Waals surface area contributed by atoms with Crippen molar-refractivity contribution in [3.8, 4) is 22.1 Å². The number of benzene rings is 1. The molecule has 2 heterocycles. The predicted molar refractivity (Wildman–Crippen MR) is 130 cm³/mol. The van der Waals surface area contributed by atoms with Gasteiger partial charge in [-0.3, -0.25) is 4.79 Å². The van der Waals surface area contributed by atoms with E-state index in [9.17, 15) is 4.79 Å². The summed E-state index contributed by atoms with van der Waals surface area (Å²) in [7, 11) is 1.61. The van der Waals surface area contributed by atoms with Crippen molar-refractivity contribution in [2.75, 3.05) is 32.6 Å². The number of thioether (sulfide) groups is 1. The van der Waals surface area contributed by atoms with Crippen LogP contribution in [0.2, 0.25) is 0 Å². The Morgan fingerprint density at radius 1 is 1.32 bits per heavy atom. The quantitative estimate of drug-likeness (QED) is 0.386. The van der Waals surface area contributed by atoms with E-state index in [0.29, 0.717) is 18.1 Å². The van der Waals surface area contributed by atoms with Crippen molar-refractivity contribution in [3.63, 3.8) is 0 Å². The third-order valence-corrected chi connectivity index (χ3v) is 7.44. The highest BCUT2D eigenvalue weighted by molar-refractivity contribution is 8.23. The first-order chi connectivity index (χ1) is 15.0. The van der Waals surface area contributed by atoms with Crippen molar-refractivity contribution in [2.24, 2.45) is 5.92 Å². The first kappa shape index (κ1) is 23.8. The molecule has 0 saturated carbocycles. The summed E-state index contributed by atoms with van der Waals surface area (Å²) in [5.41, 5.74) is 1.65. The summed E-state index contributed by atoms with van der Waals surface area (Å²) in [5.74, 6) is 2.06. The normalized spacial score (nSPS) is 14.4. The third-order valence-electron chi connectivity index (χ3n) is 5.00. The van der Waals surface area contributed by atoms with Crippen LogP contribution in [0.1, 0.15) is 32.4 Å². The summed E-state index contributed by atoms with van der Waals surface area (Å²) in [4.78, 5) is 18.9. The Morgan fingerprint density at radius 2 is 2.10 bits per heavy atom. The lowest BCUT2D eigenvalue weighted by Gasteiger charge is -2.31. The summed E-state index contributed by atoms with van der Waals surface area (Å²) >= 11 is 8.34. The Kier molecular flexibility index (Phi) is 8.98. The van der Waals surface area contributed by atoms with Gasteiger partial charge in [-0.1, -0.05) is 30.9 Å². The molecule has 3 rings (SSSR count). The van der Waals surface area contributed by atoms with E-state index in [1.54, 1.807) is 7.11 Å². The van der Waals surface area contributed by atoms with Crippen LogP contribution in [0, 0.1) is 5.92 Å². The van der Waals surface area contributed by atoms with Crippen LogP contribution < -0.4 is 9.47 Å². The van der Waals surface area contributed by atoms with Gasteiger partial charge >= 0.3 is 5.97 Å². The average Bonchev–Trinajstić information content (AvgIpc) is 3.26. The number of carbonyl (C=O) groups excluding carboxylic acids is 1. The monoisotopic (exact) mass is 480 g/mol. The van der Waals surface area contributed by atoms with Crippen LogP contribution in [0.15, 0.2) is 23.6 Å². The molecule has 31 heavy (non-hydrogen) atoms. The number of hydrogen-bond acceptors (Lipinski definition) is 8. The number of piperidine rings is 1. The van der Waals surface area contributed by atoms with Gasteiger partial charge in [-0.25, -0.2) is 4.98 Å². The fraction of sp³-hybridized carbons (Fsp3) is 0.500. The molecule has 1 aliphatic rings. The minimum absolute atomic E-state index is 0.151. The van der Waals surface area contributed by atoms with Crippen molar-refractivity contribution in [1.29, 1.82) is 0 Å². The molecule has 1 aliphatic heterocycles. The predicted octanol–water partition coefficient (Wildman–Crippen LogP) is 5.01. The highest BCUT2D eigenvalue weighted by atomic mass is 32.2. The zero-order valence-corrected chi connectivity index (χ0v) is 20.5. The van der Waals surface area contributed by atoms with Gasteiger partial charge in [0.1, 0.15) is 15.9 Å². The minimum Gasteiger partial charge on any atom is -0.493 e. The first-order valence-corrected chi connectivity index (χ1v) is 12.6. The summed E-state index contributed by atoms with van der Waals surface area (Å²) in [6, 6.07) is 5.72. The molecule has 1 saturated heterocycles. The molecule has 168 valence electrons. The van der Waals surface area contributed by atoms with E-state index < -0.39 is 0 Å². The molecule has 0 radical (unpaired) electrons. The van der Waals surface area contributed by atoms with Crippen LogP contribution in [0.3, 0.4) is 0 Å². The number of esters is 1. The summed E-state index contributed by atoms with van der Waals surface area (Å²) in [5, 5.41) is 2.74. The van der Waals surface area contributed by atoms with E-state index in [1.165, 1.54) is 23.1 Å². The van der Waals surface area contributed by atoms with Gasteiger partial charge in [-0.2, -0.15) is 0 Å². The second kappa shape index (κ2) is 11.7. The van der Waals surface area contributed by atoms with E-state index in [1.807, 2.05) is 30.5 Å². The number of rotatable bonds is 8. The Hall–Kier alpha value is -1.84. The molecule has 1 aromatic heterocycles. The number of carbonyl (C=O) groups is 1. The molecule has 6 nitrogen and oxygen atoms in total. The second-order valence-corrected chi connectivity index (χ2v) is 9.79. The molecule has 2 aromatic rings. The molecule has 0 unspecified atom stereocenters. The van der Waals surface area contributed by atoms with Gasteiger partial charge in [0.25, 0.3) is 0 Å². The van der Waals surface area contributed by atoms with Crippen LogP contribution in [0.5, 0.6) is 11.5 Å². The maximum Gasteiger partial charge on any atom is 0.316 e. The Morgan fingerprint density at radius 3 is 2.81 bits per heavy atom. The smallest absolute Gasteiger partial charge is 0.316 e. The van der Waals surface area contributed by atoms with Crippen molar-refractivity contribution >= 4 is 45.6 Å². The van der Waals surface area contributed by atoms with Gasteiger partial charge in [-0.05, 0) is 43.9 Å². The van der Waals surface area contributed by atoms with Crippen LogP contribution in [0.25, 0.3) is 10.6 Å². The number of ether oxygens (including phenoxy) is 3. The zero-order valence-electron chi connectivity index (χ0n) is 18.1. The molecule has 0 bridgehead atoms. The lowest BCUT2D eigenvalue weighted by atomic mass is 10.00. The first-order valence-electron chi connectivity index (χ1n) is 10.3. The van der Waals surface area contributed by atoms with E-state index in [-0.39, 0.29) is 18.3 Å². The number of likely N-dealkylation sites (tertiary alicyclic amines) is 1. The number of hydrogen-bond donors (Lipinski definition) is 0. The molecule has 0 atom stereocenters. The third kappa shape index (κ3) is 6.82. The molecule has 0 aliphatic carbocycles. The maximum absolute atomic E-state index is 12.1. The Balaban J connectivity index is 1.47. The lowest BCUT2D eigenvalue weighted by molar-refractivity contribution is -0.141. The molecule has 0 amide bonds. The van der Waals surface area contributed by atoms with Gasteiger partial charge in [0.15, 0.2) is 11.5 Å². The number of methoxy groups -OCH3 is 1. The largest absolute Gasteiger partial charge is 0.493 e. The molecule has 9 heteroatoms. The lowest BCUT2D eigenvalue weighted by Crippen LogP contribution is -2.35. The van der Waals surface area contributed by atoms with E-state index >= 15 is 0 Å². The molecular weight excluding hydrogens is 452 g/mol. The number of aromatic nitrogens is 1. The number of thiocarbonyl (C=S) groups is 1. The SMILES string of the molecule is CCOc1ccc(-c2nc(COC(=O)CSC(=S)N3CCC(C)CC3)cs2)cc1OC. The molecule has 1 fully saturated rings. The van der Waals surface area contributed by atoms with E-state index in [4.69, 9.17) is 26.4 Å². The van der Waals surface area contributed by atoms with Crippen molar-refractivity contribution in [2.45, 2.75) is 33.3 Å². The molecular formula is C22H28N2O4S3. The van der Waals surface area contributed by atoms with Gasteiger partial charge in [0, 0.05) is 24.0 Å². The van der Waals surface area contributed by atoms with Gasteiger partial charge in [0.2, 0.25) is 0 Å². The van der Waals surface area contributed by atoms with Crippen LogP contribution in [-0.4, -0.2) is 52.7 Å². The summed E-state index contributed by atoms with van der Waals surface area (Å²) in [6.07, 6.45) is 2.30. The average molecular weight is 481 g/mol. The molecule has 0 spiro atoms. The fourth-order valence-electron chi connectivity index (χ4n) is 3.18. The van der Waals surface area contributed by atoms with Gasteiger partial charge in [-0.15, -0.1) is 11.3 Å². The maximum atomic E-state index is 12.1. The molecule has 0 N–H and O–H groups in total. The highest BCUT2D eigenvalue weighted by Gasteiger charge is 2.19. The zero-order chi connectivity index (χ0) is 22.2. The Bertz CT molecular complexity index is 895. The Labute approximate surface area is 197 Å². The topological polar surface area (TPSA) is 60.9 Å². The summed E-state index contributed by atoms with van der Waals surface area (Å²) in [6.45, 7) is 6.86. The van der Waals surface area contributed by atoms with Crippen molar-refractivity contribution in [1.82, 2.24) is 9.88 Å². The van der Waals surface area contributed by atoms with Crippen molar-refractivity contribution in [3.05, 3.63) is 29.3 Å². The van der Waals surface area contributed by atoms with Gasteiger partial charge < -0.3 is 19.1 Å². The van der Waals surface area contributed by atoms with E-state index in [0.717, 1.165) is 52.4 Å². The van der Waals surface area contributed by atoms with Crippen molar-refractivity contribution < 1.29 is 19.0 Å². The fourth-order valence-corrected chi connectivity index (χ4v) is 5.03. The van der Waals surface area contributed by atoms with Crippen LogP contribution in [-0.2, 0) is 16.1 Å². The standard InChI is InChI=1S/C22H28N2O4S3/c1-4-27-18-6-5-16(11-19(18)26-3)21-23-17(13-30-21)12-28-20(25)14-31-22(29)24-9-7-15(2)8-10-24/h5-6,11,13,15H,4,7-10,12,14H2,1-3H3.